The van der Waals surface area contributed by atoms with Gasteiger partial charge in [-0.15, -0.1) is 5.10 Å². The predicted molar refractivity (Wildman–Crippen MR) is 169 cm³/mol. The molecule has 2 aliphatic heterocycles. The standard InChI is InChI=1S/C32H35BrN6O5/c33-24-6-4-23(5-7-24)20-36-10-12-37(13-11-36)29-9-8-28-30-26(29)2-1-3-27(30)31(41)39(32(28)42)22-25-21-38(35-34-25)14-16-43-18-19-44-17-15-40/h1-9,21,40H,10-20,22H2. The molecule has 0 bridgehead atoms. The summed E-state index contributed by atoms with van der Waals surface area (Å²) in [5.74, 6) is -0.657. The van der Waals surface area contributed by atoms with Crippen LogP contribution in [-0.4, -0.2) is 101 Å². The summed E-state index contributed by atoms with van der Waals surface area (Å²) >= 11 is 3.50. The Labute approximate surface area is 264 Å². The summed E-state index contributed by atoms with van der Waals surface area (Å²) in [6.45, 7) is 6.49. The zero-order valence-electron chi connectivity index (χ0n) is 24.4. The first-order chi connectivity index (χ1) is 21.5. The van der Waals surface area contributed by atoms with Gasteiger partial charge in [0.15, 0.2) is 0 Å². The van der Waals surface area contributed by atoms with Gasteiger partial charge < -0.3 is 19.5 Å². The van der Waals surface area contributed by atoms with Crippen LogP contribution in [0, 0.1) is 0 Å². The Kier molecular flexibility index (Phi) is 9.63. The Bertz CT molecular complexity index is 1600. The number of anilines is 1. The highest BCUT2D eigenvalue weighted by atomic mass is 79.9. The number of imide groups is 1. The molecular weight excluding hydrogens is 628 g/mol. The summed E-state index contributed by atoms with van der Waals surface area (Å²) in [5, 5.41) is 18.7. The molecule has 0 unspecified atom stereocenters. The van der Waals surface area contributed by atoms with Crippen molar-refractivity contribution in [3.63, 3.8) is 0 Å². The monoisotopic (exact) mass is 662 g/mol. The second kappa shape index (κ2) is 14.0. The fourth-order valence-corrected chi connectivity index (χ4v) is 6.04. The predicted octanol–water partition coefficient (Wildman–Crippen LogP) is 3.34. The molecule has 1 fully saturated rings. The maximum atomic E-state index is 13.6. The lowest BCUT2D eigenvalue weighted by Crippen LogP contribution is -2.46. The number of nitrogens with zero attached hydrogens (tertiary/aromatic N) is 6. The van der Waals surface area contributed by atoms with Crippen molar-refractivity contribution in [1.29, 1.82) is 0 Å². The van der Waals surface area contributed by atoms with Crippen LogP contribution in [0.5, 0.6) is 0 Å². The molecule has 4 aromatic rings. The summed E-state index contributed by atoms with van der Waals surface area (Å²) in [6.07, 6.45) is 1.72. The second-order valence-corrected chi connectivity index (χ2v) is 11.8. The van der Waals surface area contributed by atoms with Crippen LogP contribution in [0.2, 0.25) is 0 Å². The lowest BCUT2D eigenvalue weighted by Gasteiger charge is -2.37. The number of benzene rings is 3. The van der Waals surface area contributed by atoms with Crippen LogP contribution in [0.15, 0.2) is 65.3 Å². The summed E-state index contributed by atoms with van der Waals surface area (Å²) in [6, 6.07) is 18.0. The molecule has 12 heteroatoms. The molecule has 1 aromatic heterocycles. The number of hydrogen-bond acceptors (Lipinski definition) is 9. The van der Waals surface area contributed by atoms with Crippen molar-refractivity contribution in [3.8, 4) is 0 Å². The lowest BCUT2D eigenvalue weighted by atomic mass is 9.92. The third-order valence-electron chi connectivity index (χ3n) is 7.98. The molecule has 0 atom stereocenters. The van der Waals surface area contributed by atoms with Gasteiger partial charge in [-0.2, -0.15) is 0 Å². The van der Waals surface area contributed by atoms with Crippen LogP contribution >= 0.6 is 15.9 Å². The highest BCUT2D eigenvalue weighted by Gasteiger charge is 2.34. The molecule has 6 rings (SSSR count). The number of rotatable bonds is 13. The number of amides is 2. The molecule has 230 valence electrons. The van der Waals surface area contributed by atoms with E-state index in [9.17, 15) is 9.59 Å². The number of aliphatic hydroxyl groups is 1. The fraction of sp³-hybridized carbons (Fsp3) is 0.375. The first-order valence-electron chi connectivity index (χ1n) is 14.8. The van der Waals surface area contributed by atoms with E-state index < -0.39 is 0 Å². The number of carbonyl (C=O) groups is 2. The molecule has 0 spiro atoms. The van der Waals surface area contributed by atoms with Crippen LogP contribution in [-0.2, 0) is 29.1 Å². The molecule has 11 nitrogen and oxygen atoms in total. The van der Waals surface area contributed by atoms with Crippen LogP contribution in [0.3, 0.4) is 0 Å². The van der Waals surface area contributed by atoms with Crippen molar-refractivity contribution in [3.05, 3.63) is 87.7 Å². The van der Waals surface area contributed by atoms with Crippen LogP contribution in [0.25, 0.3) is 10.8 Å². The van der Waals surface area contributed by atoms with Gasteiger partial charge in [0.2, 0.25) is 0 Å². The summed E-state index contributed by atoms with van der Waals surface area (Å²) in [5.41, 5.74) is 3.91. The van der Waals surface area contributed by atoms with Gasteiger partial charge in [0.25, 0.3) is 11.8 Å². The highest BCUT2D eigenvalue weighted by Crippen LogP contribution is 2.36. The van der Waals surface area contributed by atoms with Crippen molar-refractivity contribution in [1.82, 2.24) is 24.8 Å². The molecular formula is C32H35BrN6O5. The third kappa shape index (κ3) is 6.69. The number of halogens is 1. The number of aliphatic hydroxyl groups excluding tert-OH is 1. The van der Waals surface area contributed by atoms with Crippen molar-refractivity contribution in [2.75, 3.05) is 64.1 Å². The molecule has 1 N–H and O–H groups in total. The van der Waals surface area contributed by atoms with E-state index in [-0.39, 0.29) is 31.6 Å². The summed E-state index contributed by atoms with van der Waals surface area (Å²) < 4.78 is 13.4. The molecule has 0 aliphatic carbocycles. The van der Waals surface area contributed by atoms with Crippen molar-refractivity contribution in [2.24, 2.45) is 0 Å². The lowest BCUT2D eigenvalue weighted by molar-refractivity contribution is 0.0302. The van der Waals surface area contributed by atoms with Crippen LogP contribution < -0.4 is 4.90 Å². The largest absolute Gasteiger partial charge is 0.394 e. The highest BCUT2D eigenvalue weighted by molar-refractivity contribution is 9.10. The number of aromatic nitrogens is 3. The number of piperazine rings is 1. The maximum absolute atomic E-state index is 13.6. The van der Waals surface area contributed by atoms with E-state index in [1.54, 1.807) is 16.9 Å². The van der Waals surface area contributed by atoms with Crippen molar-refractivity contribution in [2.45, 2.75) is 19.6 Å². The van der Waals surface area contributed by atoms with E-state index in [0.29, 0.717) is 43.2 Å². The Morgan fingerprint density at radius 2 is 1.55 bits per heavy atom. The molecule has 2 amide bonds. The van der Waals surface area contributed by atoms with Crippen molar-refractivity contribution < 1.29 is 24.2 Å². The molecule has 1 saturated heterocycles. The van der Waals surface area contributed by atoms with Gasteiger partial charge in [-0.25, -0.2) is 4.68 Å². The molecule has 2 aliphatic rings. The smallest absolute Gasteiger partial charge is 0.261 e. The van der Waals surface area contributed by atoms with Gasteiger partial charge in [-0.05, 0) is 35.9 Å². The van der Waals surface area contributed by atoms with Gasteiger partial charge in [-0.1, -0.05) is 45.4 Å². The minimum absolute atomic E-state index is 0.0160. The van der Waals surface area contributed by atoms with Crippen LogP contribution in [0.4, 0.5) is 5.69 Å². The quantitative estimate of drug-likeness (QED) is 0.170. The Hall–Kier alpha value is -3.68. The number of ether oxygens (including phenoxy) is 2. The minimum atomic E-state index is -0.328. The fourth-order valence-electron chi connectivity index (χ4n) is 5.77. The van der Waals surface area contributed by atoms with E-state index in [4.69, 9.17) is 14.6 Å². The normalized spacial score (nSPS) is 15.5. The topological polar surface area (TPSA) is 113 Å². The van der Waals surface area contributed by atoms with E-state index in [0.717, 1.165) is 53.7 Å². The van der Waals surface area contributed by atoms with E-state index >= 15 is 0 Å². The van der Waals surface area contributed by atoms with Gasteiger partial charge in [-0.3, -0.25) is 19.4 Å². The summed E-state index contributed by atoms with van der Waals surface area (Å²) in [7, 11) is 0. The van der Waals surface area contributed by atoms with Gasteiger partial charge in [0.1, 0.15) is 5.69 Å². The molecule has 3 aromatic carbocycles. The Balaban J connectivity index is 1.11. The van der Waals surface area contributed by atoms with Crippen molar-refractivity contribution >= 4 is 44.2 Å². The molecule has 0 radical (unpaired) electrons. The van der Waals surface area contributed by atoms with Crippen LogP contribution in [0.1, 0.15) is 32.0 Å². The van der Waals surface area contributed by atoms with E-state index in [1.165, 1.54) is 10.5 Å². The average molecular weight is 664 g/mol. The van der Waals surface area contributed by atoms with E-state index in [1.807, 2.05) is 24.3 Å². The maximum Gasteiger partial charge on any atom is 0.261 e. The molecule has 0 saturated carbocycles. The van der Waals surface area contributed by atoms with E-state index in [2.05, 4.69) is 60.3 Å². The minimum Gasteiger partial charge on any atom is -0.394 e. The summed E-state index contributed by atoms with van der Waals surface area (Å²) in [4.78, 5) is 33.4. The average Bonchev–Trinajstić information content (AvgIpc) is 3.50. The molecule has 44 heavy (non-hydrogen) atoms. The first kappa shape index (κ1) is 30.4. The number of carbonyl (C=O) groups excluding carboxylic acids is 2. The zero-order valence-corrected chi connectivity index (χ0v) is 26.0. The number of hydrogen-bond donors (Lipinski definition) is 1. The molecule has 3 heterocycles. The van der Waals surface area contributed by atoms with Gasteiger partial charge in [0.05, 0.1) is 52.3 Å². The zero-order chi connectivity index (χ0) is 30.5. The Morgan fingerprint density at radius 3 is 2.30 bits per heavy atom. The third-order valence-corrected chi connectivity index (χ3v) is 8.51. The first-order valence-corrected chi connectivity index (χ1v) is 15.6. The Morgan fingerprint density at radius 1 is 0.818 bits per heavy atom. The SMILES string of the molecule is O=C1c2cccc3c(N4CCN(Cc5ccc(Br)cc5)CC4)ccc(c23)C(=O)N1Cc1cn(CCOCCOCCO)nn1. The van der Waals surface area contributed by atoms with Gasteiger partial charge >= 0.3 is 0 Å². The second-order valence-electron chi connectivity index (χ2n) is 10.9. The van der Waals surface area contributed by atoms with Gasteiger partial charge in [0, 0.05) is 64.8 Å².